The van der Waals surface area contributed by atoms with Gasteiger partial charge >= 0.3 is 5.97 Å². The fraction of sp³-hybridized carbons (Fsp3) is 0. The molecule has 0 aliphatic heterocycles. The van der Waals surface area contributed by atoms with Gasteiger partial charge in [-0.2, -0.15) is 0 Å². The second-order valence-electron chi connectivity index (χ2n) is 4.70. The van der Waals surface area contributed by atoms with Crippen LogP contribution in [0.15, 0.2) is 48.7 Å². The van der Waals surface area contributed by atoms with E-state index in [1.807, 2.05) is 0 Å². The number of benzene rings is 2. The first-order valence-corrected chi connectivity index (χ1v) is 6.50. The topological polar surface area (TPSA) is 55.1 Å². The molecule has 0 atom stereocenters. The second kappa shape index (κ2) is 5.60. The van der Waals surface area contributed by atoms with Gasteiger partial charge in [0.25, 0.3) is 0 Å². The fourth-order valence-corrected chi connectivity index (χ4v) is 2.19. The number of hydrogen-bond donors (Lipinski definition) is 1. The summed E-state index contributed by atoms with van der Waals surface area (Å²) in [7, 11) is 0. The highest BCUT2D eigenvalue weighted by Crippen LogP contribution is 2.28. The number of aromatic nitrogens is 2. The third-order valence-corrected chi connectivity index (χ3v) is 3.20. The van der Waals surface area contributed by atoms with Crippen molar-refractivity contribution < 1.29 is 23.1 Å². The lowest BCUT2D eigenvalue weighted by Crippen LogP contribution is -2.00. The molecule has 0 saturated carbocycles. The Hall–Kier alpha value is -3.09. The lowest BCUT2D eigenvalue weighted by molar-refractivity contribution is 0.0691. The molecule has 0 saturated heterocycles. The first-order valence-electron chi connectivity index (χ1n) is 6.50. The molecule has 1 N–H and O–H groups in total. The summed E-state index contributed by atoms with van der Waals surface area (Å²) < 4.78 is 42.6. The van der Waals surface area contributed by atoms with Crippen LogP contribution in [-0.4, -0.2) is 20.6 Å². The quantitative estimate of drug-likeness (QED) is 0.802. The number of hydrogen-bond acceptors (Lipinski definition) is 2. The molecule has 23 heavy (non-hydrogen) atoms. The van der Waals surface area contributed by atoms with Crippen molar-refractivity contribution >= 4 is 5.97 Å². The standard InChI is InChI=1S/C16H9F3N2O2/c17-9-3-1-4-10(7-9)21-8-13(16(22)23)20-15(21)14-11(18)5-2-6-12(14)19/h1-8H,(H,22,23). The van der Waals surface area contributed by atoms with Crippen LogP contribution >= 0.6 is 0 Å². The highest BCUT2D eigenvalue weighted by atomic mass is 19.1. The van der Waals surface area contributed by atoms with Crippen LogP contribution in [0.1, 0.15) is 10.5 Å². The number of carboxylic acid groups (broad SMARTS) is 1. The van der Waals surface area contributed by atoms with E-state index in [4.69, 9.17) is 5.11 Å². The van der Waals surface area contributed by atoms with Crippen LogP contribution in [0.5, 0.6) is 0 Å². The molecule has 1 aromatic heterocycles. The summed E-state index contributed by atoms with van der Waals surface area (Å²) in [5.74, 6) is -4.00. The van der Waals surface area contributed by atoms with Gasteiger partial charge in [0.05, 0.1) is 5.56 Å². The Bertz CT molecular complexity index is 886. The molecule has 0 amide bonds. The molecule has 4 nitrogen and oxygen atoms in total. The first kappa shape index (κ1) is 14.8. The minimum absolute atomic E-state index is 0.197. The summed E-state index contributed by atoms with van der Waals surface area (Å²) in [5.41, 5.74) is -0.696. The molecule has 0 aliphatic carbocycles. The Morgan fingerprint density at radius 2 is 1.70 bits per heavy atom. The summed E-state index contributed by atoms with van der Waals surface area (Å²) >= 11 is 0. The number of imidazole rings is 1. The molecule has 2 aromatic carbocycles. The summed E-state index contributed by atoms with van der Waals surface area (Å²) in [5, 5.41) is 9.07. The van der Waals surface area contributed by atoms with Crippen molar-refractivity contribution in [2.45, 2.75) is 0 Å². The lowest BCUT2D eigenvalue weighted by Gasteiger charge is -2.09. The maximum absolute atomic E-state index is 14.0. The van der Waals surface area contributed by atoms with Crippen molar-refractivity contribution in [3.63, 3.8) is 0 Å². The molecular weight excluding hydrogens is 309 g/mol. The highest BCUT2D eigenvalue weighted by Gasteiger charge is 2.21. The fourth-order valence-electron chi connectivity index (χ4n) is 2.19. The van der Waals surface area contributed by atoms with E-state index in [-0.39, 0.29) is 11.5 Å². The van der Waals surface area contributed by atoms with Crippen molar-refractivity contribution in [3.05, 3.63) is 71.8 Å². The van der Waals surface area contributed by atoms with Gasteiger partial charge in [-0.15, -0.1) is 0 Å². The molecule has 0 spiro atoms. The van der Waals surface area contributed by atoms with E-state index in [2.05, 4.69) is 4.98 Å². The Balaban J connectivity index is 2.30. The Morgan fingerprint density at radius 3 is 2.30 bits per heavy atom. The van der Waals surface area contributed by atoms with E-state index in [1.54, 1.807) is 0 Å². The molecule has 116 valence electrons. The van der Waals surface area contributed by atoms with E-state index in [9.17, 15) is 18.0 Å². The average Bonchev–Trinajstić information content (AvgIpc) is 2.92. The molecule has 0 aliphatic rings. The van der Waals surface area contributed by atoms with Gasteiger partial charge in [-0.05, 0) is 30.3 Å². The van der Waals surface area contributed by atoms with E-state index >= 15 is 0 Å². The zero-order valence-corrected chi connectivity index (χ0v) is 11.5. The number of nitrogens with zero attached hydrogens (tertiary/aromatic N) is 2. The highest BCUT2D eigenvalue weighted by molar-refractivity contribution is 5.86. The number of rotatable bonds is 3. The zero-order chi connectivity index (χ0) is 16.6. The number of carboxylic acids is 1. The summed E-state index contributed by atoms with van der Waals surface area (Å²) in [6.45, 7) is 0. The Morgan fingerprint density at radius 1 is 1.04 bits per heavy atom. The largest absolute Gasteiger partial charge is 0.476 e. The molecule has 0 fully saturated rings. The molecule has 1 heterocycles. The van der Waals surface area contributed by atoms with Crippen LogP contribution in [0, 0.1) is 17.5 Å². The minimum Gasteiger partial charge on any atom is -0.476 e. The number of halogens is 3. The molecule has 0 bridgehead atoms. The Kier molecular flexibility index (Phi) is 3.61. The van der Waals surface area contributed by atoms with Crippen LogP contribution in [0.25, 0.3) is 17.1 Å². The van der Waals surface area contributed by atoms with Crippen molar-refractivity contribution in [3.8, 4) is 17.1 Å². The number of aromatic carboxylic acids is 1. The van der Waals surface area contributed by atoms with Crippen LogP contribution in [0.2, 0.25) is 0 Å². The van der Waals surface area contributed by atoms with Gasteiger partial charge in [0.2, 0.25) is 0 Å². The van der Waals surface area contributed by atoms with Gasteiger partial charge in [0.15, 0.2) is 11.5 Å². The predicted octanol–water partition coefficient (Wildman–Crippen LogP) is 3.65. The van der Waals surface area contributed by atoms with Crippen LogP contribution in [-0.2, 0) is 0 Å². The van der Waals surface area contributed by atoms with Crippen molar-refractivity contribution in [1.82, 2.24) is 9.55 Å². The third kappa shape index (κ3) is 2.68. The maximum Gasteiger partial charge on any atom is 0.356 e. The minimum atomic E-state index is -1.36. The first-order chi connectivity index (χ1) is 11.0. The Labute approximate surface area is 128 Å². The second-order valence-corrected chi connectivity index (χ2v) is 4.70. The SMILES string of the molecule is O=C(O)c1cn(-c2cccc(F)c2)c(-c2c(F)cccc2F)n1. The van der Waals surface area contributed by atoms with Crippen molar-refractivity contribution in [2.75, 3.05) is 0 Å². The molecule has 3 aromatic rings. The molecule has 0 radical (unpaired) electrons. The number of carbonyl (C=O) groups is 1. The smallest absolute Gasteiger partial charge is 0.356 e. The normalized spacial score (nSPS) is 10.7. The average molecular weight is 318 g/mol. The summed E-state index contributed by atoms with van der Waals surface area (Å²) in [4.78, 5) is 14.9. The monoisotopic (exact) mass is 318 g/mol. The predicted molar refractivity (Wildman–Crippen MR) is 75.8 cm³/mol. The lowest BCUT2D eigenvalue weighted by atomic mass is 10.2. The van der Waals surface area contributed by atoms with Crippen molar-refractivity contribution in [1.29, 1.82) is 0 Å². The van der Waals surface area contributed by atoms with E-state index in [0.29, 0.717) is 0 Å². The van der Waals surface area contributed by atoms with Gasteiger partial charge < -0.3 is 5.11 Å². The van der Waals surface area contributed by atoms with Gasteiger partial charge in [-0.3, -0.25) is 4.57 Å². The summed E-state index contributed by atoms with van der Waals surface area (Å²) in [6.07, 6.45) is 1.08. The van der Waals surface area contributed by atoms with E-state index < -0.39 is 34.7 Å². The van der Waals surface area contributed by atoms with Gasteiger partial charge in [0, 0.05) is 11.9 Å². The maximum atomic E-state index is 14.0. The van der Waals surface area contributed by atoms with E-state index in [0.717, 1.165) is 29.0 Å². The van der Waals surface area contributed by atoms with Gasteiger partial charge in [-0.1, -0.05) is 12.1 Å². The molecule has 0 unspecified atom stereocenters. The van der Waals surface area contributed by atoms with Crippen molar-refractivity contribution in [2.24, 2.45) is 0 Å². The van der Waals surface area contributed by atoms with Crippen LogP contribution in [0.4, 0.5) is 13.2 Å². The van der Waals surface area contributed by atoms with Gasteiger partial charge in [-0.25, -0.2) is 22.9 Å². The molecular formula is C16H9F3N2O2. The third-order valence-electron chi connectivity index (χ3n) is 3.20. The summed E-state index contributed by atoms with van der Waals surface area (Å²) in [6, 6.07) is 8.41. The van der Waals surface area contributed by atoms with Crippen LogP contribution < -0.4 is 0 Å². The molecule has 3 rings (SSSR count). The molecule has 7 heteroatoms. The zero-order valence-electron chi connectivity index (χ0n) is 11.5. The van der Waals surface area contributed by atoms with Gasteiger partial charge in [0.1, 0.15) is 17.5 Å². The van der Waals surface area contributed by atoms with Crippen LogP contribution in [0.3, 0.4) is 0 Å². The van der Waals surface area contributed by atoms with E-state index in [1.165, 1.54) is 24.3 Å².